The van der Waals surface area contributed by atoms with Crippen LogP contribution in [0, 0.1) is 5.92 Å². The second-order valence-electron chi connectivity index (χ2n) is 5.74. The van der Waals surface area contributed by atoms with Crippen molar-refractivity contribution < 1.29 is 9.84 Å². The lowest BCUT2D eigenvalue weighted by Crippen LogP contribution is -2.36. The van der Waals surface area contributed by atoms with Crippen LogP contribution in [0.25, 0.3) is 0 Å². The maximum Gasteiger partial charge on any atom is 0.0886 e. The number of hydrogen-bond donors (Lipinski definition) is 1. The highest BCUT2D eigenvalue weighted by Crippen LogP contribution is 2.43. The van der Waals surface area contributed by atoms with Gasteiger partial charge in [0.15, 0.2) is 0 Å². The lowest BCUT2D eigenvalue weighted by molar-refractivity contribution is -0.141. The Morgan fingerprint density at radius 1 is 0.952 bits per heavy atom. The first-order valence-corrected chi connectivity index (χ1v) is 7.73. The molecule has 1 N–H and O–H groups in total. The van der Waals surface area contributed by atoms with Crippen molar-refractivity contribution in [3.8, 4) is 0 Å². The molecule has 110 valence electrons. The predicted octanol–water partition coefficient (Wildman–Crippen LogP) is 4.28. The Kier molecular flexibility index (Phi) is 4.37. The molecule has 0 unspecified atom stereocenters. The van der Waals surface area contributed by atoms with Gasteiger partial charge >= 0.3 is 0 Å². The third-order valence-electron chi connectivity index (χ3n) is 4.42. The van der Waals surface area contributed by atoms with Crippen molar-refractivity contribution in [3.63, 3.8) is 0 Å². The van der Waals surface area contributed by atoms with Crippen molar-refractivity contribution in [2.24, 2.45) is 5.92 Å². The molecule has 1 fully saturated rings. The van der Waals surface area contributed by atoms with Crippen molar-refractivity contribution in [2.45, 2.75) is 38.1 Å². The molecule has 2 aromatic rings. The van der Waals surface area contributed by atoms with Crippen molar-refractivity contribution in [1.82, 2.24) is 0 Å². The van der Waals surface area contributed by atoms with E-state index in [-0.39, 0.29) is 24.2 Å². The molecule has 1 aliphatic rings. The summed E-state index contributed by atoms with van der Waals surface area (Å²) < 4.78 is 6.37. The Bertz CT molecular complexity index is 552. The van der Waals surface area contributed by atoms with Crippen LogP contribution < -0.4 is 0 Å². The van der Waals surface area contributed by atoms with Gasteiger partial charge in [0.2, 0.25) is 0 Å². The molecule has 21 heavy (non-hydrogen) atoms. The van der Waals surface area contributed by atoms with Gasteiger partial charge in [-0.25, -0.2) is 0 Å². The molecule has 0 amide bonds. The summed E-state index contributed by atoms with van der Waals surface area (Å²) in [6, 6.07) is 20.5. The zero-order valence-corrected chi connectivity index (χ0v) is 12.4. The highest BCUT2D eigenvalue weighted by molar-refractivity contribution is 5.22. The van der Waals surface area contributed by atoms with E-state index in [0.717, 1.165) is 17.5 Å². The smallest absolute Gasteiger partial charge is 0.0886 e. The van der Waals surface area contributed by atoms with Crippen LogP contribution in [0.4, 0.5) is 0 Å². The topological polar surface area (TPSA) is 29.5 Å². The van der Waals surface area contributed by atoms with Gasteiger partial charge in [-0.05, 0) is 17.5 Å². The second-order valence-corrected chi connectivity index (χ2v) is 5.74. The summed E-state index contributed by atoms with van der Waals surface area (Å²) >= 11 is 0. The quantitative estimate of drug-likeness (QED) is 0.910. The zero-order valence-electron chi connectivity index (χ0n) is 12.4. The standard InChI is InChI=1S/C19H22O2/c1-2-16-17(20)13-18(14-9-5-3-6-10-14)21-19(16)15-11-7-4-8-12-15/h3-12,16-20H,2,13H2,1H3/t16-,17+,18+,19+/m1/s1. The normalized spacial score (nSPS) is 29.2. The fraction of sp³-hybridized carbons (Fsp3) is 0.368. The van der Waals surface area contributed by atoms with E-state index < -0.39 is 0 Å². The number of ether oxygens (including phenoxy) is 1. The number of hydrogen-bond acceptors (Lipinski definition) is 2. The Morgan fingerprint density at radius 2 is 1.52 bits per heavy atom. The number of benzene rings is 2. The molecular formula is C19H22O2. The number of aliphatic hydroxyl groups excluding tert-OH is 1. The molecule has 0 radical (unpaired) electrons. The van der Waals surface area contributed by atoms with Gasteiger partial charge in [-0.1, -0.05) is 67.6 Å². The van der Waals surface area contributed by atoms with Crippen LogP contribution in [0.15, 0.2) is 60.7 Å². The van der Waals surface area contributed by atoms with Crippen LogP contribution in [0.3, 0.4) is 0 Å². The first kappa shape index (κ1) is 14.3. The molecule has 0 spiro atoms. The van der Waals surface area contributed by atoms with Gasteiger partial charge in [-0.3, -0.25) is 0 Å². The minimum Gasteiger partial charge on any atom is -0.393 e. The molecule has 2 aromatic carbocycles. The highest BCUT2D eigenvalue weighted by atomic mass is 16.5. The molecule has 0 bridgehead atoms. The summed E-state index contributed by atoms with van der Waals surface area (Å²) in [4.78, 5) is 0. The van der Waals surface area contributed by atoms with E-state index in [0.29, 0.717) is 6.42 Å². The Balaban J connectivity index is 1.89. The van der Waals surface area contributed by atoms with E-state index in [1.165, 1.54) is 0 Å². The summed E-state index contributed by atoms with van der Waals surface area (Å²) in [5.74, 6) is 0.160. The lowest BCUT2D eigenvalue weighted by Gasteiger charge is -2.40. The van der Waals surface area contributed by atoms with E-state index in [1.54, 1.807) is 0 Å². The van der Waals surface area contributed by atoms with Crippen molar-refractivity contribution in [3.05, 3.63) is 71.8 Å². The minimum absolute atomic E-state index is 0.0331. The Hall–Kier alpha value is -1.64. The zero-order chi connectivity index (χ0) is 14.7. The fourth-order valence-corrected chi connectivity index (χ4v) is 3.27. The summed E-state index contributed by atoms with van der Waals surface area (Å²) in [5.41, 5.74) is 2.30. The largest absolute Gasteiger partial charge is 0.393 e. The second kappa shape index (κ2) is 6.42. The van der Waals surface area contributed by atoms with E-state index in [4.69, 9.17) is 4.74 Å². The van der Waals surface area contributed by atoms with E-state index in [1.807, 2.05) is 36.4 Å². The molecule has 1 heterocycles. The Morgan fingerprint density at radius 3 is 2.10 bits per heavy atom. The predicted molar refractivity (Wildman–Crippen MR) is 83.9 cm³/mol. The van der Waals surface area contributed by atoms with Crippen LogP contribution in [-0.4, -0.2) is 11.2 Å². The molecule has 3 rings (SSSR count). The molecule has 4 atom stereocenters. The maximum absolute atomic E-state index is 10.6. The first-order valence-electron chi connectivity index (χ1n) is 7.73. The van der Waals surface area contributed by atoms with E-state index in [9.17, 15) is 5.11 Å². The summed E-state index contributed by atoms with van der Waals surface area (Å²) in [6.45, 7) is 2.12. The highest BCUT2D eigenvalue weighted by Gasteiger charge is 2.37. The van der Waals surface area contributed by atoms with Gasteiger partial charge in [-0.2, -0.15) is 0 Å². The molecule has 1 saturated heterocycles. The molecule has 0 saturated carbocycles. The summed E-state index contributed by atoms with van der Waals surface area (Å²) in [7, 11) is 0. The molecule has 0 aromatic heterocycles. The minimum atomic E-state index is -0.320. The summed E-state index contributed by atoms with van der Waals surface area (Å²) in [6.07, 6.45) is 1.20. The van der Waals surface area contributed by atoms with Crippen LogP contribution >= 0.6 is 0 Å². The van der Waals surface area contributed by atoms with Gasteiger partial charge in [0.25, 0.3) is 0 Å². The van der Waals surface area contributed by atoms with Gasteiger partial charge in [0.05, 0.1) is 18.3 Å². The molecule has 1 aliphatic heterocycles. The number of rotatable bonds is 3. The third-order valence-corrected chi connectivity index (χ3v) is 4.42. The molecule has 2 nitrogen and oxygen atoms in total. The van der Waals surface area contributed by atoms with Gasteiger partial charge in [-0.15, -0.1) is 0 Å². The summed E-state index contributed by atoms with van der Waals surface area (Å²) in [5, 5.41) is 10.6. The van der Waals surface area contributed by atoms with Crippen LogP contribution in [0.5, 0.6) is 0 Å². The monoisotopic (exact) mass is 282 g/mol. The average Bonchev–Trinajstić information content (AvgIpc) is 2.55. The number of aliphatic hydroxyl groups is 1. The molecular weight excluding hydrogens is 260 g/mol. The molecule has 0 aliphatic carbocycles. The van der Waals surface area contributed by atoms with Crippen LogP contribution in [-0.2, 0) is 4.74 Å². The van der Waals surface area contributed by atoms with Crippen LogP contribution in [0.2, 0.25) is 0 Å². The lowest BCUT2D eigenvalue weighted by atomic mass is 9.82. The third kappa shape index (κ3) is 3.02. The first-order chi connectivity index (χ1) is 10.3. The van der Waals surface area contributed by atoms with Crippen molar-refractivity contribution in [2.75, 3.05) is 0 Å². The fourth-order valence-electron chi connectivity index (χ4n) is 3.27. The van der Waals surface area contributed by atoms with Gasteiger partial charge in [0, 0.05) is 12.3 Å². The molecule has 2 heteroatoms. The van der Waals surface area contributed by atoms with E-state index in [2.05, 4.69) is 31.2 Å². The van der Waals surface area contributed by atoms with Gasteiger partial charge in [0.1, 0.15) is 0 Å². The van der Waals surface area contributed by atoms with Gasteiger partial charge < -0.3 is 9.84 Å². The van der Waals surface area contributed by atoms with E-state index >= 15 is 0 Å². The van der Waals surface area contributed by atoms with Crippen LogP contribution in [0.1, 0.15) is 43.1 Å². The average molecular weight is 282 g/mol. The van der Waals surface area contributed by atoms with Crippen molar-refractivity contribution >= 4 is 0 Å². The SMILES string of the molecule is CC[C@@H]1[C@@H](O)C[C@@H](c2ccccc2)O[C@H]1c1ccccc1. The Labute approximate surface area is 126 Å². The van der Waals surface area contributed by atoms with Crippen molar-refractivity contribution in [1.29, 1.82) is 0 Å². The maximum atomic E-state index is 10.6.